The van der Waals surface area contributed by atoms with E-state index in [1.807, 2.05) is 6.92 Å². The van der Waals surface area contributed by atoms with E-state index >= 15 is 0 Å². The molecule has 0 amide bonds. The van der Waals surface area contributed by atoms with Gasteiger partial charge in [0.1, 0.15) is 5.82 Å². The molecule has 6 heteroatoms. The van der Waals surface area contributed by atoms with E-state index in [4.69, 9.17) is 0 Å². The van der Waals surface area contributed by atoms with E-state index in [1.54, 1.807) is 11.8 Å². The lowest BCUT2D eigenvalue weighted by atomic mass is 10.2. The second kappa shape index (κ2) is 4.69. The summed E-state index contributed by atoms with van der Waals surface area (Å²) in [5, 5.41) is 3.16. The Balaban J connectivity index is 2.43. The molecule has 1 N–H and O–H groups in total. The molecule has 1 aromatic rings. The van der Waals surface area contributed by atoms with Crippen molar-refractivity contribution >= 4 is 23.5 Å². The van der Waals surface area contributed by atoms with Crippen LogP contribution < -0.4 is 5.32 Å². The Kier molecular flexibility index (Phi) is 3.28. The highest BCUT2D eigenvalue weighted by molar-refractivity contribution is 7.98. The van der Waals surface area contributed by atoms with Crippen molar-refractivity contribution in [3.8, 4) is 0 Å². The van der Waals surface area contributed by atoms with Gasteiger partial charge in [-0.3, -0.25) is 0 Å². The third kappa shape index (κ3) is 1.97. The van der Waals surface area contributed by atoms with Gasteiger partial charge in [-0.05, 0) is 6.92 Å². The number of methoxy groups -OCH3 is 1. The Hall–Kier alpha value is -1.30. The summed E-state index contributed by atoms with van der Waals surface area (Å²) in [6.07, 6.45) is 0. The van der Waals surface area contributed by atoms with E-state index in [1.165, 1.54) is 7.11 Å². The van der Waals surface area contributed by atoms with Gasteiger partial charge >= 0.3 is 5.97 Å². The molecular formula is C10H13N3O2S. The summed E-state index contributed by atoms with van der Waals surface area (Å²) >= 11 is 1.78. The highest BCUT2D eigenvalue weighted by Gasteiger charge is 2.22. The Labute approximate surface area is 98.0 Å². The lowest BCUT2D eigenvalue weighted by molar-refractivity contribution is 0.0586. The van der Waals surface area contributed by atoms with Crippen molar-refractivity contribution < 1.29 is 9.53 Å². The van der Waals surface area contributed by atoms with Crippen LogP contribution in [0, 0.1) is 0 Å². The molecule has 2 rings (SSSR count). The fourth-order valence-corrected chi connectivity index (χ4v) is 2.59. The Morgan fingerprint density at radius 1 is 1.50 bits per heavy atom. The van der Waals surface area contributed by atoms with Crippen LogP contribution in [0.2, 0.25) is 0 Å². The zero-order valence-electron chi connectivity index (χ0n) is 9.24. The zero-order valence-corrected chi connectivity index (χ0v) is 10.1. The van der Waals surface area contributed by atoms with Gasteiger partial charge in [-0.15, -0.1) is 0 Å². The van der Waals surface area contributed by atoms with Gasteiger partial charge in [-0.2, -0.15) is 11.8 Å². The molecule has 16 heavy (non-hydrogen) atoms. The van der Waals surface area contributed by atoms with Gasteiger partial charge in [0.2, 0.25) is 5.82 Å². The number of nitrogens with one attached hydrogen (secondary N) is 1. The fraction of sp³-hybridized carbons (Fsp3) is 0.500. The van der Waals surface area contributed by atoms with Crippen LogP contribution in [-0.2, 0) is 16.2 Å². The van der Waals surface area contributed by atoms with Gasteiger partial charge < -0.3 is 10.1 Å². The smallest absolute Gasteiger partial charge is 0.376 e. The van der Waals surface area contributed by atoms with Crippen LogP contribution in [0.5, 0.6) is 0 Å². The molecule has 0 atom stereocenters. The number of esters is 1. The second-order valence-corrected chi connectivity index (χ2v) is 4.32. The van der Waals surface area contributed by atoms with Crippen LogP contribution in [0.25, 0.3) is 0 Å². The Morgan fingerprint density at radius 3 is 3.00 bits per heavy atom. The van der Waals surface area contributed by atoms with E-state index in [0.29, 0.717) is 0 Å². The van der Waals surface area contributed by atoms with Crippen molar-refractivity contribution in [1.82, 2.24) is 9.97 Å². The van der Waals surface area contributed by atoms with Crippen molar-refractivity contribution in [2.45, 2.75) is 18.4 Å². The van der Waals surface area contributed by atoms with E-state index in [9.17, 15) is 4.79 Å². The quantitative estimate of drug-likeness (QED) is 0.805. The number of hydrogen-bond donors (Lipinski definition) is 1. The molecule has 0 saturated carbocycles. The Morgan fingerprint density at radius 2 is 2.31 bits per heavy atom. The van der Waals surface area contributed by atoms with Crippen LogP contribution in [0.1, 0.15) is 28.8 Å². The number of rotatable bonds is 3. The topological polar surface area (TPSA) is 64.1 Å². The number of anilines is 1. The molecule has 0 aromatic carbocycles. The first-order valence-corrected chi connectivity index (χ1v) is 6.21. The number of aromatic nitrogens is 2. The van der Waals surface area contributed by atoms with Gasteiger partial charge in [0.25, 0.3) is 0 Å². The molecule has 1 aliphatic rings. The molecule has 0 unspecified atom stereocenters. The molecule has 0 radical (unpaired) electrons. The number of nitrogens with zero attached hydrogens (tertiary/aromatic N) is 2. The SMILES string of the molecule is CCNc1nc(C(=O)OC)nc2c1CSC2. The summed E-state index contributed by atoms with van der Waals surface area (Å²) in [6, 6.07) is 0. The molecule has 1 aliphatic heterocycles. The molecule has 5 nitrogen and oxygen atoms in total. The molecule has 0 aliphatic carbocycles. The van der Waals surface area contributed by atoms with E-state index < -0.39 is 5.97 Å². The van der Waals surface area contributed by atoms with Gasteiger partial charge in [-0.25, -0.2) is 14.8 Å². The number of carbonyl (C=O) groups is 1. The first-order valence-electron chi connectivity index (χ1n) is 5.06. The minimum Gasteiger partial charge on any atom is -0.463 e. The molecular weight excluding hydrogens is 226 g/mol. The zero-order chi connectivity index (χ0) is 11.5. The maximum absolute atomic E-state index is 11.4. The lowest BCUT2D eigenvalue weighted by Gasteiger charge is -2.09. The monoisotopic (exact) mass is 239 g/mol. The molecule has 0 fully saturated rings. The average molecular weight is 239 g/mol. The van der Waals surface area contributed by atoms with Crippen molar-refractivity contribution in [2.24, 2.45) is 0 Å². The second-order valence-electron chi connectivity index (χ2n) is 3.34. The van der Waals surface area contributed by atoms with Gasteiger partial charge in [0, 0.05) is 23.6 Å². The maximum atomic E-state index is 11.4. The average Bonchev–Trinajstić information content (AvgIpc) is 2.76. The first-order chi connectivity index (χ1) is 7.76. The molecule has 1 aromatic heterocycles. The van der Waals surface area contributed by atoms with Crippen molar-refractivity contribution in [3.05, 3.63) is 17.1 Å². The predicted molar refractivity (Wildman–Crippen MR) is 62.5 cm³/mol. The van der Waals surface area contributed by atoms with Crippen molar-refractivity contribution in [1.29, 1.82) is 0 Å². The highest BCUT2D eigenvalue weighted by atomic mass is 32.2. The third-order valence-electron chi connectivity index (χ3n) is 2.29. The van der Waals surface area contributed by atoms with Crippen LogP contribution >= 0.6 is 11.8 Å². The first kappa shape index (κ1) is 11.2. The fourth-order valence-electron chi connectivity index (χ4n) is 1.55. The molecule has 0 spiro atoms. The van der Waals surface area contributed by atoms with Gasteiger partial charge in [0.15, 0.2) is 0 Å². The van der Waals surface area contributed by atoms with Gasteiger partial charge in [-0.1, -0.05) is 0 Å². The van der Waals surface area contributed by atoms with Crippen LogP contribution in [0.3, 0.4) is 0 Å². The van der Waals surface area contributed by atoms with Gasteiger partial charge in [0.05, 0.1) is 12.8 Å². The molecule has 0 bridgehead atoms. The predicted octanol–water partition coefficient (Wildman–Crippen LogP) is 1.44. The summed E-state index contributed by atoms with van der Waals surface area (Å²) in [6.45, 7) is 2.77. The minimum atomic E-state index is -0.487. The summed E-state index contributed by atoms with van der Waals surface area (Å²) in [5.74, 6) is 2.15. The van der Waals surface area contributed by atoms with E-state index in [2.05, 4.69) is 20.0 Å². The number of hydrogen-bond acceptors (Lipinski definition) is 6. The largest absolute Gasteiger partial charge is 0.463 e. The van der Waals surface area contributed by atoms with E-state index in [-0.39, 0.29) is 5.82 Å². The van der Waals surface area contributed by atoms with Crippen LogP contribution in [-0.4, -0.2) is 29.6 Å². The Bertz CT molecular complexity index is 423. The summed E-state index contributed by atoms with van der Waals surface area (Å²) in [4.78, 5) is 19.8. The number of fused-ring (bicyclic) bond motifs is 1. The van der Waals surface area contributed by atoms with Crippen molar-refractivity contribution in [3.63, 3.8) is 0 Å². The summed E-state index contributed by atoms with van der Waals surface area (Å²) in [5.41, 5.74) is 2.05. The molecule has 2 heterocycles. The molecule has 0 saturated heterocycles. The number of ether oxygens (including phenoxy) is 1. The van der Waals surface area contributed by atoms with Crippen LogP contribution in [0.4, 0.5) is 5.82 Å². The number of carbonyl (C=O) groups excluding carboxylic acids is 1. The maximum Gasteiger partial charge on any atom is 0.376 e. The summed E-state index contributed by atoms with van der Waals surface area (Å²) < 4.78 is 4.63. The molecule has 86 valence electrons. The minimum absolute atomic E-state index is 0.139. The van der Waals surface area contributed by atoms with Crippen LogP contribution in [0.15, 0.2) is 0 Å². The highest BCUT2D eigenvalue weighted by Crippen LogP contribution is 2.32. The third-order valence-corrected chi connectivity index (χ3v) is 3.26. The number of thioether (sulfide) groups is 1. The summed E-state index contributed by atoms with van der Waals surface area (Å²) in [7, 11) is 1.33. The standard InChI is InChI=1S/C10H13N3O2S/c1-3-11-8-6-4-16-5-7(6)12-9(13-8)10(14)15-2/h3-5H2,1-2H3,(H,11,12,13). The van der Waals surface area contributed by atoms with E-state index in [0.717, 1.165) is 35.1 Å². The normalized spacial score (nSPS) is 13.4. The lowest BCUT2D eigenvalue weighted by Crippen LogP contribution is -2.13. The van der Waals surface area contributed by atoms with Crippen molar-refractivity contribution in [2.75, 3.05) is 19.0 Å².